The first-order valence-corrected chi connectivity index (χ1v) is 6.12. The second kappa shape index (κ2) is 5.14. The van der Waals surface area contributed by atoms with Crippen molar-refractivity contribution in [1.82, 2.24) is 9.78 Å². The van der Waals surface area contributed by atoms with Crippen molar-refractivity contribution in [3.63, 3.8) is 0 Å². The topological polar surface area (TPSA) is 59.0 Å². The molecule has 2 amide bonds. The fraction of sp³-hybridized carbons (Fsp3) is 0.286. The minimum atomic E-state index is -0.261. The molecule has 0 radical (unpaired) electrons. The Labute approximate surface area is 112 Å². The number of benzene rings is 1. The predicted octanol–water partition coefficient (Wildman–Crippen LogP) is 2.99. The van der Waals surface area contributed by atoms with E-state index >= 15 is 0 Å². The van der Waals surface area contributed by atoms with Gasteiger partial charge in [0.05, 0.1) is 17.1 Å². The molecule has 1 aromatic carbocycles. The molecule has 0 aliphatic carbocycles. The Morgan fingerprint density at radius 3 is 2.26 bits per heavy atom. The lowest BCUT2D eigenvalue weighted by Crippen LogP contribution is -2.20. The van der Waals surface area contributed by atoms with Crippen LogP contribution in [0.5, 0.6) is 0 Å². The van der Waals surface area contributed by atoms with Crippen LogP contribution in [0.4, 0.5) is 16.2 Å². The minimum absolute atomic E-state index is 0.261. The molecule has 1 aromatic heterocycles. The maximum atomic E-state index is 11.9. The number of urea groups is 1. The molecule has 0 spiro atoms. The van der Waals surface area contributed by atoms with Gasteiger partial charge in [-0.15, -0.1) is 0 Å². The van der Waals surface area contributed by atoms with Crippen LogP contribution in [0.2, 0.25) is 0 Å². The Balaban J connectivity index is 2.07. The lowest BCUT2D eigenvalue weighted by Gasteiger charge is -2.08. The molecular formula is C14H18N4O. The monoisotopic (exact) mass is 258 g/mol. The molecule has 5 heteroatoms. The summed E-state index contributed by atoms with van der Waals surface area (Å²) < 4.78 is 1.75. The summed E-state index contributed by atoms with van der Waals surface area (Å²) in [5.74, 6) is 0. The van der Waals surface area contributed by atoms with Gasteiger partial charge in [0.1, 0.15) is 0 Å². The van der Waals surface area contributed by atoms with Gasteiger partial charge >= 0.3 is 6.03 Å². The van der Waals surface area contributed by atoms with E-state index in [0.29, 0.717) is 0 Å². The quantitative estimate of drug-likeness (QED) is 0.870. The average molecular weight is 258 g/mol. The van der Waals surface area contributed by atoms with Gasteiger partial charge in [-0.25, -0.2) is 4.79 Å². The molecule has 5 nitrogen and oxygen atoms in total. The molecule has 0 saturated heterocycles. The maximum absolute atomic E-state index is 11.9. The molecule has 0 bridgehead atoms. The standard InChI is InChI=1S/C14H18N4O/c1-9-5-7-12(8-6-9)15-14(19)16-13-10(2)17-18(4)11(13)3/h5-8H,1-4H3,(H2,15,16,19). The van der Waals surface area contributed by atoms with E-state index in [1.165, 1.54) is 0 Å². The molecule has 2 aromatic rings. The Bertz CT molecular complexity index is 599. The van der Waals surface area contributed by atoms with E-state index in [0.717, 1.165) is 28.3 Å². The summed E-state index contributed by atoms with van der Waals surface area (Å²) in [5, 5.41) is 9.88. The molecule has 1 heterocycles. The largest absolute Gasteiger partial charge is 0.323 e. The van der Waals surface area contributed by atoms with Crippen LogP contribution in [0, 0.1) is 20.8 Å². The highest BCUT2D eigenvalue weighted by Gasteiger charge is 2.12. The first-order chi connectivity index (χ1) is 8.97. The van der Waals surface area contributed by atoms with Crippen LogP contribution in [0.3, 0.4) is 0 Å². The zero-order valence-corrected chi connectivity index (χ0v) is 11.6. The van der Waals surface area contributed by atoms with Crippen LogP contribution in [0.1, 0.15) is 17.0 Å². The molecular weight excluding hydrogens is 240 g/mol. The first-order valence-electron chi connectivity index (χ1n) is 6.12. The van der Waals surface area contributed by atoms with Crippen LogP contribution in [-0.2, 0) is 7.05 Å². The van der Waals surface area contributed by atoms with Crippen LogP contribution < -0.4 is 10.6 Å². The number of rotatable bonds is 2. The number of carbonyl (C=O) groups is 1. The first kappa shape index (κ1) is 13.1. The highest BCUT2D eigenvalue weighted by Crippen LogP contribution is 2.18. The van der Waals surface area contributed by atoms with E-state index in [-0.39, 0.29) is 6.03 Å². The fourth-order valence-electron chi connectivity index (χ4n) is 1.87. The molecule has 2 rings (SSSR count). The number of carbonyl (C=O) groups excluding carboxylic acids is 1. The van der Waals surface area contributed by atoms with Crippen LogP contribution in [0.25, 0.3) is 0 Å². The van der Waals surface area contributed by atoms with Crippen molar-refractivity contribution in [3.8, 4) is 0 Å². The molecule has 2 N–H and O–H groups in total. The second-order valence-corrected chi connectivity index (χ2v) is 4.61. The third kappa shape index (κ3) is 2.93. The van der Waals surface area contributed by atoms with E-state index in [4.69, 9.17) is 0 Å². The Hall–Kier alpha value is -2.30. The van der Waals surface area contributed by atoms with Crippen molar-refractivity contribution in [1.29, 1.82) is 0 Å². The lowest BCUT2D eigenvalue weighted by molar-refractivity contribution is 0.262. The SMILES string of the molecule is Cc1ccc(NC(=O)Nc2c(C)nn(C)c2C)cc1. The summed E-state index contributed by atoms with van der Waals surface area (Å²) >= 11 is 0. The highest BCUT2D eigenvalue weighted by atomic mass is 16.2. The van der Waals surface area contributed by atoms with E-state index in [9.17, 15) is 4.79 Å². The zero-order chi connectivity index (χ0) is 14.0. The number of hydrogen-bond donors (Lipinski definition) is 2. The maximum Gasteiger partial charge on any atom is 0.323 e. The summed E-state index contributed by atoms with van der Waals surface area (Å²) in [4.78, 5) is 11.9. The van der Waals surface area contributed by atoms with E-state index in [1.807, 2.05) is 52.1 Å². The normalized spacial score (nSPS) is 10.3. The van der Waals surface area contributed by atoms with Gasteiger partial charge in [-0.2, -0.15) is 5.10 Å². The van der Waals surface area contributed by atoms with Gasteiger partial charge in [0, 0.05) is 12.7 Å². The van der Waals surface area contributed by atoms with Crippen molar-refractivity contribution in [2.24, 2.45) is 7.05 Å². The smallest absolute Gasteiger partial charge is 0.308 e. The molecule has 0 fully saturated rings. The number of nitrogens with zero attached hydrogens (tertiary/aromatic N) is 2. The average Bonchev–Trinajstić information content (AvgIpc) is 2.59. The van der Waals surface area contributed by atoms with Crippen LogP contribution >= 0.6 is 0 Å². The number of aromatic nitrogens is 2. The van der Waals surface area contributed by atoms with E-state index < -0.39 is 0 Å². The predicted molar refractivity (Wildman–Crippen MR) is 76.5 cm³/mol. The lowest BCUT2D eigenvalue weighted by atomic mass is 10.2. The van der Waals surface area contributed by atoms with E-state index in [2.05, 4.69) is 15.7 Å². The van der Waals surface area contributed by atoms with Crippen molar-refractivity contribution in [2.45, 2.75) is 20.8 Å². The Morgan fingerprint density at radius 2 is 1.74 bits per heavy atom. The molecule has 0 aliphatic rings. The molecule has 0 unspecified atom stereocenters. The zero-order valence-electron chi connectivity index (χ0n) is 11.6. The molecule has 0 aliphatic heterocycles. The van der Waals surface area contributed by atoms with Gasteiger partial charge in [0.25, 0.3) is 0 Å². The molecule has 100 valence electrons. The fourth-order valence-corrected chi connectivity index (χ4v) is 1.87. The summed E-state index contributed by atoms with van der Waals surface area (Å²) in [6, 6.07) is 7.39. The van der Waals surface area contributed by atoms with Crippen molar-refractivity contribution in [3.05, 3.63) is 41.2 Å². The van der Waals surface area contributed by atoms with Gasteiger partial charge in [0.2, 0.25) is 0 Å². The number of aryl methyl sites for hydroxylation is 3. The Kier molecular flexibility index (Phi) is 3.55. The molecule has 0 saturated carbocycles. The van der Waals surface area contributed by atoms with Crippen molar-refractivity contribution >= 4 is 17.4 Å². The summed E-state index contributed by atoms with van der Waals surface area (Å²) in [6.45, 7) is 5.79. The third-order valence-electron chi connectivity index (χ3n) is 3.06. The van der Waals surface area contributed by atoms with Gasteiger partial charge in [0.15, 0.2) is 0 Å². The van der Waals surface area contributed by atoms with Crippen LogP contribution in [-0.4, -0.2) is 15.8 Å². The number of amides is 2. The van der Waals surface area contributed by atoms with Crippen molar-refractivity contribution in [2.75, 3.05) is 10.6 Å². The summed E-state index contributed by atoms with van der Waals surface area (Å²) in [7, 11) is 1.85. The van der Waals surface area contributed by atoms with Crippen LogP contribution in [0.15, 0.2) is 24.3 Å². The highest BCUT2D eigenvalue weighted by molar-refractivity contribution is 6.00. The molecule has 19 heavy (non-hydrogen) atoms. The van der Waals surface area contributed by atoms with E-state index in [1.54, 1.807) is 4.68 Å². The number of nitrogens with one attached hydrogen (secondary N) is 2. The summed E-state index contributed by atoms with van der Waals surface area (Å²) in [5.41, 5.74) is 4.41. The van der Waals surface area contributed by atoms with Crippen molar-refractivity contribution < 1.29 is 4.79 Å². The Morgan fingerprint density at radius 1 is 1.11 bits per heavy atom. The minimum Gasteiger partial charge on any atom is -0.308 e. The van der Waals surface area contributed by atoms with Gasteiger partial charge < -0.3 is 10.6 Å². The second-order valence-electron chi connectivity index (χ2n) is 4.61. The number of anilines is 2. The van der Waals surface area contributed by atoms with Gasteiger partial charge in [-0.05, 0) is 32.9 Å². The molecule has 0 atom stereocenters. The van der Waals surface area contributed by atoms with Gasteiger partial charge in [-0.3, -0.25) is 4.68 Å². The number of hydrogen-bond acceptors (Lipinski definition) is 2. The summed E-state index contributed by atoms with van der Waals surface area (Å²) in [6.07, 6.45) is 0. The third-order valence-corrected chi connectivity index (χ3v) is 3.06. The van der Waals surface area contributed by atoms with Gasteiger partial charge in [-0.1, -0.05) is 17.7 Å².